The van der Waals surface area contributed by atoms with Crippen LogP contribution in [0.5, 0.6) is 0 Å². The highest BCUT2D eigenvalue weighted by atomic mass is 32.1. The Morgan fingerprint density at radius 1 is 1.09 bits per heavy atom. The predicted octanol–water partition coefficient (Wildman–Crippen LogP) is 4.91. The molecule has 6 rings (SSSR count). The Balaban J connectivity index is 1.33. The van der Waals surface area contributed by atoms with Crippen molar-refractivity contribution in [2.24, 2.45) is 0 Å². The van der Waals surface area contributed by atoms with E-state index < -0.39 is 0 Å². The number of thiazole rings is 1. The Morgan fingerprint density at radius 2 is 2.00 bits per heavy atom. The van der Waals surface area contributed by atoms with Gasteiger partial charge in [-0.05, 0) is 50.6 Å². The zero-order chi connectivity index (χ0) is 23.2. The number of aromatic nitrogens is 4. The van der Waals surface area contributed by atoms with E-state index in [1.807, 2.05) is 49.2 Å². The Labute approximate surface area is 201 Å². The first-order valence-electron chi connectivity index (χ1n) is 11.2. The lowest BCUT2D eigenvalue weighted by Gasteiger charge is -2.36. The van der Waals surface area contributed by atoms with Crippen LogP contribution in [0.2, 0.25) is 0 Å². The van der Waals surface area contributed by atoms with E-state index in [4.69, 9.17) is 4.98 Å². The van der Waals surface area contributed by atoms with Gasteiger partial charge in [-0.3, -0.25) is 14.9 Å². The second-order valence-corrected chi connectivity index (χ2v) is 9.85. The van der Waals surface area contributed by atoms with Crippen molar-refractivity contribution in [1.29, 1.82) is 0 Å². The second-order valence-electron chi connectivity index (χ2n) is 8.62. The first kappa shape index (κ1) is 20.7. The number of carbonyl (C=O) groups excluding carboxylic acids is 1. The van der Waals surface area contributed by atoms with E-state index in [1.165, 1.54) is 0 Å². The molecule has 34 heavy (non-hydrogen) atoms. The number of nitrogens with one attached hydrogen (secondary N) is 1. The number of rotatable bonds is 3. The third-order valence-corrected chi connectivity index (χ3v) is 7.22. The van der Waals surface area contributed by atoms with Gasteiger partial charge in [0.05, 0.1) is 39.2 Å². The predicted molar refractivity (Wildman–Crippen MR) is 134 cm³/mol. The molecule has 0 unspecified atom stereocenters. The Bertz CT molecular complexity index is 1400. The summed E-state index contributed by atoms with van der Waals surface area (Å²) in [4.78, 5) is 36.6. The van der Waals surface area contributed by atoms with Crippen molar-refractivity contribution in [1.82, 2.24) is 19.9 Å². The molecule has 2 aliphatic heterocycles. The molecule has 2 aliphatic rings. The van der Waals surface area contributed by atoms with Crippen LogP contribution in [-0.2, 0) is 0 Å². The molecule has 4 aromatic rings. The zero-order valence-corrected chi connectivity index (χ0v) is 19.7. The van der Waals surface area contributed by atoms with E-state index in [1.54, 1.807) is 29.9 Å². The van der Waals surface area contributed by atoms with Gasteiger partial charge in [-0.1, -0.05) is 0 Å². The molecular formula is C25H23N7OS. The molecule has 4 aromatic heterocycles. The fourth-order valence-electron chi connectivity index (χ4n) is 4.66. The number of fused-ring (bicyclic) bond motifs is 4. The Kier molecular flexibility index (Phi) is 4.99. The van der Waals surface area contributed by atoms with Gasteiger partial charge in [-0.15, -0.1) is 11.3 Å². The molecule has 1 saturated heterocycles. The summed E-state index contributed by atoms with van der Waals surface area (Å²) in [6, 6.07) is 9.87. The molecule has 6 heterocycles. The van der Waals surface area contributed by atoms with Crippen LogP contribution < -0.4 is 15.1 Å². The number of aryl methyl sites for hydroxylation is 2. The zero-order valence-electron chi connectivity index (χ0n) is 18.9. The summed E-state index contributed by atoms with van der Waals surface area (Å²) < 4.78 is 0. The lowest BCUT2D eigenvalue weighted by Crippen LogP contribution is -2.48. The van der Waals surface area contributed by atoms with Crippen LogP contribution in [-0.4, -0.2) is 45.1 Å². The summed E-state index contributed by atoms with van der Waals surface area (Å²) in [7, 11) is 0. The van der Waals surface area contributed by atoms with Crippen LogP contribution >= 0.6 is 11.3 Å². The van der Waals surface area contributed by atoms with E-state index in [0.717, 1.165) is 57.6 Å². The van der Waals surface area contributed by atoms with Crippen LogP contribution in [0.25, 0.3) is 21.7 Å². The van der Waals surface area contributed by atoms with Gasteiger partial charge in [-0.25, -0.2) is 14.8 Å². The van der Waals surface area contributed by atoms with Gasteiger partial charge in [-0.2, -0.15) is 0 Å². The first-order valence-corrected chi connectivity index (χ1v) is 12.0. The molecule has 170 valence electrons. The van der Waals surface area contributed by atoms with Crippen LogP contribution in [0.4, 0.5) is 22.0 Å². The summed E-state index contributed by atoms with van der Waals surface area (Å²) >= 11 is 1.60. The summed E-state index contributed by atoms with van der Waals surface area (Å²) in [5, 5.41) is 4.05. The van der Waals surface area contributed by atoms with Gasteiger partial charge in [0, 0.05) is 48.5 Å². The molecule has 0 aliphatic carbocycles. The monoisotopic (exact) mass is 469 g/mol. The Hall–Kier alpha value is -3.85. The molecule has 0 radical (unpaired) electrons. The highest BCUT2D eigenvalue weighted by Crippen LogP contribution is 2.40. The van der Waals surface area contributed by atoms with E-state index in [-0.39, 0.29) is 12.1 Å². The third-order valence-electron chi connectivity index (χ3n) is 6.26. The molecule has 0 saturated carbocycles. The summed E-state index contributed by atoms with van der Waals surface area (Å²) in [6.07, 6.45) is 7.99. The lowest BCUT2D eigenvalue weighted by atomic mass is 10.1. The molecular weight excluding hydrogens is 446 g/mol. The number of hydrogen-bond donors (Lipinski definition) is 1. The third kappa shape index (κ3) is 3.67. The number of urea groups is 1. The standard InChI is InChI=1S/C25H23N7OS/c1-15-9-17(5-7-27-15)21-3-4-22-24(30-21)32(20-6-8-31(22)14-20)25(33)29-19-10-18(11-26-12-19)23-13-28-16(2)34-23/h3-5,7,9-13,20H,6,8,14H2,1-2H3,(H,29,33)/t20-/m0/s1. The topological polar surface area (TPSA) is 87.1 Å². The fraction of sp³-hybridized carbons (Fsp3) is 0.240. The van der Waals surface area contributed by atoms with Crippen molar-refractivity contribution in [2.75, 3.05) is 28.2 Å². The van der Waals surface area contributed by atoms with Crippen LogP contribution in [0, 0.1) is 13.8 Å². The number of hydrogen-bond acceptors (Lipinski definition) is 7. The van der Waals surface area contributed by atoms with Gasteiger partial charge >= 0.3 is 6.03 Å². The molecule has 1 N–H and O–H groups in total. The fourth-order valence-corrected chi connectivity index (χ4v) is 5.42. The Morgan fingerprint density at radius 3 is 2.82 bits per heavy atom. The smallest absolute Gasteiger partial charge is 0.327 e. The molecule has 1 fully saturated rings. The van der Waals surface area contributed by atoms with E-state index in [9.17, 15) is 4.79 Å². The number of anilines is 3. The van der Waals surface area contributed by atoms with Gasteiger partial charge in [0.15, 0.2) is 5.82 Å². The lowest BCUT2D eigenvalue weighted by molar-refractivity contribution is 0.255. The van der Waals surface area contributed by atoms with Crippen LogP contribution in [0.1, 0.15) is 17.1 Å². The van der Waals surface area contributed by atoms with E-state index >= 15 is 0 Å². The quantitative estimate of drug-likeness (QED) is 0.459. The molecule has 2 amide bonds. The highest BCUT2D eigenvalue weighted by Gasteiger charge is 2.40. The highest BCUT2D eigenvalue weighted by molar-refractivity contribution is 7.15. The molecule has 9 heteroatoms. The molecule has 2 bridgehead atoms. The van der Waals surface area contributed by atoms with Crippen molar-refractivity contribution in [3.63, 3.8) is 0 Å². The van der Waals surface area contributed by atoms with Crippen molar-refractivity contribution in [3.05, 3.63) is 65.8 Å². The van der Waals surface area contributed by atoms with Gasteiger partial charge in [0.2, 0.25) is 0 Å². The maximum atomic E-state index is 13.6. The molecule has 0 spiro atoms. The van der Waals surface area contributed by atoms with Crippen LogP contribution in [0.15, 0.2) is 55.1 Å². The van der Waals surface area contributed by atoms with Crippen molar-refractivity contribution < 1.29 is 4.79 Å². The minimum atomic E-state index is -0.192. The largest absolute Gasteiger partial charge is 0.366 e. The minimum Gasteiger partial charge on any atom is -0.366 e. The van der Waals surface area contributed by atoms with E-state index in [2.05, 4.69) is 31.2 Å². The van der Waals surface area contributed by atoms with Crippen molar-refractivity contribution >= 4 is 34.6 Å². The maximum Gasteiger partial charge on any atom is 0.327 e. The van der Waals surface area contributed by atoms with Crippen molar-refractivity contribution in [3.8, 4) is 21.7 Å². The molecule has 1 atom stereocenters. The molecule has 0 aromatic carbocycles. The van der Waals surface area contributed by atoms with Gasteiger partial charge < -0.3 is 10.2 Å². The van der Waals surface area contributed by atoms with Gasteiger partial charge in [0.25, 0.3) is 0 Å². The van der Waals surface area contributed by atoms with Gasteiger partial charge in [0.1, 0.15) is 0 Å². The first-order chi connectivity index (χ1) is 16.5. The number of carbonyl (C=O) groups is 1. The minimum absolute atomic E-state index is 0.0784. The van der Waals surface area contributed by atoms with E-state index in [0.29, 0.717) is 11.5 Å². The molecule has 8 nitrogen and oxygen atoms in total. The van der Waals surface area contributed by atoms with Crippen LogP contribution in [0.3, 0.4) is 0 Å². The number of amides is 2. The summed E-state index contributed by atoms with van der Waals surface area (Å²) in [5.74, 6) is 0.695. The van der Waals surface area contributed by atoms with Crippen molar-refractivity contribution in [2.45, 2.75) is 26.3 Å². The second kappa shape index (κ2) is 8.18. The summed E-state index contributed by atoms with van der Waals surface area (Å²) in [6.45, 7) is 5.66. The SMILES string of the molecule is Cc1cc(-c2ccc3c(n2)N(C(=O)Nc2cncc(-c4cnc(C)s4)c2)[C@H]2CCN3C2)ccn1. The number of nitrogens with zero attached hydrogens (tertiary/aromatic N) is 6. The normalized spacial score (nSPS) is 16.5. The maximum absolute atomic E-state index is 13.6. The number of pyridine rings is 3. The average molecular weight is 470 g/mol. The summed E-state index contributed by atoms with van der Waals surface area (Å²) in [5.41, 5.74) is 5.32. The average Bonchev–Trinajstić information content (AvgIpc) is 3.46.